The van der Waals surface area contributed by atoms with E-state index < -0.39 is 0 Å². The van der Waals surface area contributed by atoms with Crippen LogP contribution in [0.1, 0.15) is 0 Å². The number of imidazole rings is 1. The van der Waals surface area contributed by atoms with Crippen LogP contribution in [0.2, 0.25) is 0 Å². The quantitative estimate of drug-likeness (QED) is 0.545. The largest absolute Gasteiger partial charge is 0.328 e. The summed E-state index contributed by atoms with van der Waals surface area (Å²) in [4.78, 5) is 6.23. The third-order valence-electron chi connectivity index (χ3n) is 3.47. The molecule has 108 valence electrons. The van der Waals surface area contributed by atoms with Crippen molar-refractivity contribution in [2.24, 2.45) is 0 Å². The molecule has 0 amide bonds. The fourth-order valence-corrected chi connectivity index (χ4v) is 2.67. The van der Waals surface area contributed by atoms with Gasteiger partial charge in [0.15, 0.2) is 10.4 Å². The van der Waals surface area contributed by atoms with Crippen LogP contribution >= 0.6 is 12.2 Å². The van der Waals surface area contributed by atoms with E-state index >= 15 is 0 Å². The Kier molecular flexibility index (Phi) is 2.90. The van der Waals surface area contributed by atoms with Crippen molar-refractivity contribution in [3.05, 3.63) is 65.2 Å². The summed E-state index contributed by atoms with van der Waals surface area (Å²) in [7, 11) is 0. The number of benzene rings is 2. The standard InChI is InChI=1S/C16H11FN4S/c17-11-8-6-10(7-9-11)13-14-15(19-16(22)18-14)21(20-13)12-4-2-1-3-5-12/h1-9H,(H2,18,19,22). The topological polar surface area (TPSA) is 49.4 Å². The van der Waals surface area contributed by atoms with Crippen molar-refractivity contribution in [2.75, 3.05) is 0 Å². The zero-order chi connectivity index (χ0) is 15.1. The molecule has 2 aromatic carbocycles. The van der Waals surface area contributed by atoms with Crippen LogP contribution in [0.5, 0.6) is 0 Å². The molecule has 2 N–H and O–H groups in total. The Bertz CT molecular complexity index is 996. The van der Waals surface area contributed by atoms with Gasteiger partial charge in [-0.05, 0) is 48.6 Å². The molecule has 0 spiro atoms. The van der Waals surface area contributed by atoms with E-state index in [4.69, 9.17) is 12.2 Å². The number of fused-ring (bicyclic) bond motifs is 1. The lowest BCUT2D eigenvalue weighted by Gasteiger charge is -2.01. The molecule has 0 atom stereocenters. The van der Waals surface area contributed by atoms with Gasteiger partial charge in [0.25, 0.3) is 0 Å². The summed E-state index contributed by atoms with van der Waals surface area (Å²) in [5.41, 5.74) is 4.07. The lowest BCUT2D eigenvalue weighted by atomic mass is 10.1. The Morgan fingerprint density at radius 1 is 0.955 bits per heavy atom. The number of aromatic amines is 2. The Morgan fingerprint density at radius 3 is 2.41 bits per heavy atom. The van der Waals surface area contributed by atoms with Crippen LogP contribution < -0.4 is 0 Å². The van der Waals surface area contributed by atoms with Gasteiger partial charge in [0.05, 0.1) is 5.69 Å². The minimum Gasteiger partial charge on any atom is -0.328 e. The van der Waals surface area contributed by atoms with Gasteiger partial charge in [-0.25, -0.2) is 9.07 Å². The molecular weight excluding hydrogens is 299 g/mol. The molecule has 2 heterocycles. The van der Waals surface area contributed by atoms with Crippen molar-refractivity contribution < 1.29 is 4.39 Å². The Balaban J connectivity index is 2.00. The molecule has 0 saturated heterocycles. The summed E-state index contributed by atoms with van der Waals surface area (Å²) in [5.74, 6) is -0.274. The number of para-hydroxylation sites is 1. The maximum Gasteiger partial charge on any atom is 0.176 e. The van der Waals surface area contributed by atoms with E-state index in [9.17, 15) is 4.39 Å². The average Bonchev–Trinajstić information content (AvgIpc) is 3.06. The molecule has 0 saturated carbocycles. The van der Waals surface area contributed by atoms with Crippen molar-refractivity contribution in [3.8, 4) is 16.9 Å². The van der Waals surface area contributed by atoms with Gasteiger partial charge >= 0.3 is 0 Å². The number of halogens is 1. The number of nitrogens with zero attached hydrogens (tertiary/aromatic N) is 2. The maximum atomic E-state index is 13.1. The highest BCUT2D eigenvalue weighted by Gasteiger charge is 2.15. The predicted octanol–water partition coefficient (Wildman–Crippen LogP) is 4.22. The highest BCUT2D eigenvalue weighted by molar-refractivity contribution is 7.71. The average molecular weight is 310 g/mol. The van der Waals surface area contributed by atoms with Crippen molar-refractivity contribution in [1.29, 1.82) is 0 Å². The van der Waals surface area contributed by atoms with E-state index in [0.29, 0.717) is 4.77 Å². The SMILES string of the molecule is Fc1ccc(-c2nn(-c3ccccc3)c3[nH]c(=S)[nH]c23)cc1. The zero-order valence-electron chi connectivity index (χ0n) is 11.4. The van der Waals surface area contributed by atoms with Gasteiger partial charge in [-0.15, -0.1) is 0 Å². The maximum absolute atomic E-state index is 13.1. The highest BCUT2D eigenvalue weighted by Crippen LogP contribution is 2.27. The van der Waals surface area contributed by atoms with Gasteiger partial charge in [-0.1, -0.05) is 18.2 Å². The van der Waals surface area contributed by atoms with E-state index in [1.807, 2.05) is 30.3 Å². The van der Waals surface area contributed by atoms with E-state index in [-0.39, 0.29) is 5.82 Å². The first-order valence-corrected chi connectivity index (χ1v) is 7.15. The molecule has 22 heavy (non-hydrogen) atoms. The third-order valence-corrected chi connectivity index (χ3v) is 3.68. The predicted molar refractivity (Wildman–Crippen MR) is 86.0 cm³/mol. The molecule has 0 radical (unpaired) electrons. The van der Waals surface area contributed by atoms with Crippen LogP contribution in [0.4, 0.5) is 4.39 Å². The Morgan fingerprint density at radius 2 is 1.68 bits per heavy atom. The molecule has 6 heteroatoms. The second-order valence-corrected chi connectivity index (χ2v) is 5.31. The first-order chi connectivity index (χ1) is 10.7. The van der Waals surface area contributed by atoms with Crippen molar-refractivity contribution in [3.63, 3.8) is 0 Å². The monoisotopic (exact) mass is 310 g/mol. The minimum atomic E-state index is -0.274. The number of hydrogen-bond donors (Lipinski definition) is 2. The first-order valence-electron chi connectivity index (χ1n) is 6.75. The fourth-order valence-electron chi connectivity index (χ4n) is 2.47. The summed E-state index contributed by atoms with van der Waals surface area (Å²) in [6.45, 7) is 0. The molecule has 4 rings (SSSR count). The molecule has 4 aromatic rings. The Hall–Kier alpha value is -2.73. The second-order valence-electron chi connectivity index (χ2n) is 4.91. The van der Waals surface area contributed by atoms with E-state index in [2.05, 4.69) is 15.1 Å². The molecule has 0 fully saturated rings. The molecule has 0 aliphatic carbocycles. The zero-order valence-corrected chi connectivity index (χ0v) is 12.2. The molecule has 4 nitrogen and oxygen atoms in total. The van der Waals surface area contributed by atoms with Gasteiger partial charge in [0.2, 0.25) is 0 Å². The van der Waals surface area contributed by atoms with E-state index in [0.717, 1.165) is 28.1 Å². The normalized spacial score (nSPS) is 11.1. The van der Waals surface area contributed by atoms with Gasteiger partial charge in [0, 0.05) is 5.56 Å². The van der Waals surface area contributed by atoms with Crippen LogP contribution in [0.15, 0.2) is 54.6 Å². The van der Waals surface area contributed by atoms with Gasteiger partial charge in [-0.2, -0.15) is 5.10 Å². The number of nitrogens with one attached hydrogen (secondary N) is 2. The lowest BCUT2D eigenvalue weighted by Crippen LogP contribution is -1.96. The smallest absolute Gasteiger partial charge is 0.176 e. The van der Waals surface area contributed by atoms with Crippen LogP contribution in [0.25, 0.3) is 28.1 Å². The van der Waals surface area contributed by atoms with E-state index in [1.54, 1.807) is 16.8 Å². The van der Waals surface area contributed by atoms with Crippen LogP contribution in [0, 0.1) is 10.6 Å². The summed E-state index contributed by atoms with van der Waals surface area (Å²) >= 11 is 5.19. The summed E-state index contributed by atoms with van der Waals surface area (Å²) in [6, 6.07) is 16.0. The molecular formula is C16H11FN4S. The van der Waals surface area contributed by atoms with E-state index in [1.165, 1.54) is 12.1 Å². The van der Waals surface area contributed by atoms with Crippen LogP contribution in [0.3, 0.4) is 0 Å². The summed E-state index contributed by atoms with van der Waals surface area (Å²) in [6.07, 6.45) is 0. The summed E-state index contributed by atoms with van der Waals surface area (Å²) < 4.78 is 15.5. The fraction of sp³-hybridized carbons (Fsp3) is 0. The number of H-pyrrole nitrogens is 2. The molecule has 0 aliphatic heterocycles. The van der Waals surface area contributed by atoms with Crippen LogP contribution in [-0.2, 0) is 0 Å². The van der Waals surface area contributed by atoms with Gasteiger partial charge in [-0.3, -0.25) is 0 Å². The highest BCUT2D eigenvalue weighted by atomic mass is 32.1. The van der Waals surface area contributed by atoms with Crippen molar-refractivity contribution >= 4 is 23.4 Å². The first kappa shape index (κ1) is 13.0. The molecule has 0 bridgehead atoms. The van der Waals surface area contributed by atoms with Crippen LogP contribution in [-0.4, -0.2) is 19.7 Å². The van der Waals surface area contributed by atoms with Crippen molar-refractivity contribution in [1.82, 2.24) is 19.7 Å². The second kappa shape index (κ2) is 4.92. The number of hydrogen-bond acceptors (Lipinski definition) is 2. The molecule has 0 unspecified atom stereocenters. The number of rotatable bonds is 2. The van der Waals surface area contributed by atoms with Gasteiger partial charge < -0.3 is 9.97 Å². The lowest BCUT2D eigenvalue weighted by molar-refractivity contribution is 0.628. The third kappa shape index (κ3) is 2.05. The van der Waals surface area contributed by atoms with Crippen molar-refractivity contribution in [2.45, 2.75) is 0 Å². The van der Waals surface area contributed by atoms with Gasteiger partial charge in [0.1, 0.15) is 17.0 Å². The summed E-state index contributed by atoms with van der Waals surface area (Å²) in [5, 5.41) is 4.65. The number of aromatic nitrogens is 4. The Labute approximate surface area is 130 Å². The minimum absolute atomic E-state index is 0.274. The molecule has 2 aromatic heterocycles. The molecule has 0 aliphatic rings.